The van der Waals surface area contributed by atoms with Gasteiger partial charge in [-0.1, -0.05) is 13.8 Å². The van der Waals surface area contributed by atoms with Crippen molar-refractivity contribution in [3.05, 3.63) is 0 Å². The monoisotopic (exact) mass is 202 g/mol. The first-order valence-electron chi connectivity index (χ1n) is 4.62. The standard InChI is InChI=1S/C9H18N2O3/c1-6(2)5-14-8(12)7(3)11-9(13)10-4/h6-7H,5H2,1-4H3,(H2,10,11,13). The summed E-state index contributed by atoms with van der Waals surface area (Å²) in [5.74, 6) is -0.117. The minimum Gasteiger partial charge on any atom is -0.464 e. The fraction of sp³-hybridized carbons (Fsp3) is 0.778. The molecule has 0 bridgehead atoms. The number of amides is 2. The van der Waals surface area contributed by atoms with Crippen molar-refractivity contribution in [3.8, 4) is 0 Å². The van der Waals surface area contributed by atoms with E-state index >= 15 is 0 Å². The molecule has 0 fully saturated rings. The second kappa shape index (κ2) is 6.23. The van der Waals surface area contributed by atoms with E-state index in [1.165, 1.54) is 7.05 Å². The number of ether oxygens (including phenoxy) is 1. The van der Waals surface area contributed by atoms with E-state index in [1.807, 2.05) is 13.8 Å². The van der Waals surface area contributed by atoms with Crippen LogP contribution in [0.15, 0.2) is 0 Å². The van der Waals surface area contributed by atoms with E-state index in [1.54, 1.807) is 6.92 Å². The summed E-state index contributed by atoms with van der Waals surface area (Å²) in [5, 5.41) is 4.79. The fourth-order valence-corrected chi connectivity index (χ4v) is 0.702. The van der Waals surface area contributed by atoms with Gasteiger partial charge in [0, 0.05) is 7.05 Å². The van der Waals surface area contributed by atoms with E-state index in [2.05, 4.69) is 10.6 Å². The summed E-state index contributed by atoms with van der Waals surface area (Å²) < 4.78 is 4.93. The lowest BCUT2D eigenvalue weighted by Gasteiger charge is -2.13. The molecular formula is C9H18N2O3. The van der Waals surface area contributed by atoms with Crippen LogP contribution in [0.5, 0.6) is 0 Å². The van der Waals surface area contributed by atoms with Crippen molar-refractivity contribution in [2.45, 2.75) is 26.8 Å². The maximum absolute atomic E-state index is 11.2. The van der Waals surface area contributed by atoms with E-state index in [-0.39, 0.29) is 6.03 Å². The maximum Gasteiger partial charge on any atom is 0.328 e. The number of rotatable bonds is 4. The molecule has 1 unspecified atom stereocenters. The van der Waals surface area contributed by atoms with Gasteiger partial charge < -0.3 is 15.4 Å². The van der Waals surface area contributed by atoms with Crippen LogP contribution >= 0.6 is 0 Å². The molecule has 0 saturated heterocycles. The molecular weight excluding hydrogens is 184 g/mol. The van der Waals surface area contributed by atoms with E-state index in [0.29, 0.717) is 12.5 Å². The molecule has 0 heterocycles. The van der Waals surface area contributed by atoms with Crippen LogP contribution in [0.1, 0.15) is 20.8 Å². The Balaban J connectivity index is 3.82. The van der Waals surface area contributed by atoms with Crippen LogP contribution in [0.4, 0.5) is 4.79 Å². The molecule has 0 saturated carbocycles. The van der Waals surface area contributed by atoms with Crippen LogP contribution in [-0.4, -0.2) is 31.7 Å². The Kier molecular flexibility index (Phi) is 5.67. The molecule has 0 aromatic heterocycles. The Bertz CT molecular complexity index is 204. The van der Waals surface area contributed by atoms with E-state index in [4.69, 9.17) is 4.74 Å². The van der Waals surface area contributed by atoms with Crippen molar-refractivity contribution in [1.29, 1.82) is 0 Å². The predicted molar refractivity (Wildman–Crippen MR) is 52.9 cm³/mol. The number of hydrogen-bond acceptors (Lipinski definition) is 3. The minimum atomic E-state index is -0.617. The topological polar surface area (TPSA) is 67.4 Å². The maximum atomic E-state index is 11.2. The van der Waals surface area contributed by atoms with E-state index in [0.717, 1.165) is 0 Å². The Hall–Kier alpha value is -1.26. The highest BCUT2D eigenvalue weighted by Crippen LogP contribution is 1.95. The molecule has 5 nitrogen and oxygen atoms in total. The fourth-order valence-electron chi connectivity index (χ4n) is 0.702. The molecule has 2 N–H and O–H groups in total. The number of carbonyl (C=O) groups excluding carboxylic acids is 2. The number of urea groups is 1. The second-order valence-electron chi connectivity index (χ2n) is 3.47. The van der Waals surface area contributed by atoms with Crippen molar-refractivity contribution in [2.75, 3.05) is 13.7 Å². The quantitative estimate of drug-likeness (QED) is 0.652. The first-order chi connectivity index (χ1) is 6.47. The molecule has 0 radical (unpaired) electrons. The second-order valence-corrected chi connectivity index (χ2v) is 3.47. The van der Waals surface area contributed by atoms with Gasteiger partial charge in [-0.15, -0.1) is 0 Å². The lowest BCUT2D eigenvalue weighted by molar-refractivity contribution is -0.146. The summed E-state index contributed by atoms with van der Waals surface area (Å²) >= 11 is 0. The van der Waals surface area contributed by atoms with Gasteiger partial charge in [-0.2, -0.15) is 0 Å². The third-order valence-electron chi connectivity index (χ3n) is 1.49. The highest BCUT2D eigenvalue weighted by atomic mass is 16.5. The summed E-state index contributed by atoms with van der Waals surface area (Å²) in [6.07, 6.45) is 0. The summed E-state index contributed by atoms with van der Waals surface area (Å²) in [4.78, 5) is 22.1. The van der Waals surface area contributed by atoms with Crippen molar-refractivity contribution in [1.82, 2.24) is 10.6 Å². The van der Waals surface area contributed by atoms with Crippen molar-refractivity contribution < 1.29 is 14.3 Å². The van der Waals surface area contributed by atoms with Gasteiger partial charge in [0.15, 0.2) is 0 Å². The average molecular weight is 202 g/mol. The zero-order chi connectivity index (χ0) is 11.1. The molecule has 82 valence electrons. The number of carbonyl (C=O) groups is 2. The first-order valence-corrected chi connectivity index (χ1v) is 4.62. The Morgan fingerprint density at radius 3 is 2.29 bits per heavy atom. The molecule has 1 atom stereocenters. The SMILES string of the molecule is CNC(=O)NC(C)C(=O)OCC(C)C. The highest BCUT2D eigenvalue weighted by molar-refractivity contribution is 5.82. The molecule has 0 aliphatic rings. The normalized spacial score (nSPS) is 12.1. The Morgan fingerprint density at radius 1 is 1.29 bits per heavy atom. The largest absolute Gasteiger partial charge is 0.464 e. The van der Waals surface area contributed by atoms with Gasteiger partial charge in [0.2, 0.25) is 0 Å². The highest BCUT2D eigenvalue weighted by Gasteiger charge is 2.16. The van der Waals surface area contributed by atoms with Crippen LogP contribution in [0.2, 0.25) is 0 Å². The predicted octanol–water partition coefficient (Wildman–Crippen LogP) is 0.503. The van der Waals surface area contributed by atoms with Crippen molar-refractivity contribution >= 4 is 12.0 Å². The van der Waals surface area contributed by atoms with Gasteiger partial charge in [-0.3, -0.25) is 0 Å². The van der Waals surface area contributed by atoms with Gasteiger partial charge >= 0.3 is 12.0 Å². The zero-order valence-corrected chi connectivity index (χ0v) is 9.09. The van der Waals surface area contributed by atoms with Gasteiger partial charge in [0.25, 0.3) is 0 Å². The Morgan fingerprint density at radius 2 is 1.86 bits per heavy atom. The summed E-state index contributed by atoms with van der Waals surface area (Å²) in [7, 11) is 1.49. The summed E-state index contributed by atoms with van der Waals surface area (Å²) in [6.45, 7) is 5.85. The van der Waals surface area contributed by atoms with E-state index in [9.17, 15) is 9.59 Å². The third kappa shape index (κ3) is 5.40. The van der Waals surface area contributed by atoms with Gasteiger partial charge in [-0.05, 0) is 12.8 Å². The van der Waals surface area contributed by atoms with Crippen molar-refractivity contribution in [2.24, 2.45) is 5.92 Å². The molecule has 5 heteroatoms. The lowest BCUT2D eigenvalue weighted by atomic mass is 10.2. The van der Waals surface area contributed by atoms with Crippen LogP contribution in [0, 0.1) is 5.92 Å². The number of hydrogen-bond donors (Lipinski definition) is 2. The van der Waals surface area contributed by atoms with Gasteiger partial charge in [0.1, 0.15) is 6.04 Å². The van der Waals surface area contributed by atoms with Crippen LogP contribution in [-0.2, 0) is 9.53 Å². The van der Waals surface area contributed by atoms with Gasteiger partial charge in [-0.25, -0.2) is 9.59 Å². The molecule has 0 aliphatic heterocycles. The molecule has 0 aromatic carbocycles. The van der Waals surface area contributed by atoms with Crippen LogP contribution in [0.3, 0.4) is 0 Å². The minimum absolute atomic E-state index is 0.297. The number of nitrogens with one attached hydrogen (secondary N) is 2. The molecule has 0 spiro atoms. The molecule has 0 aliphatic carbocycles. The lowest BCUT2D eigenvalue weighted by Crippen LogP contribution is -2.44. The van der Waals surface area contributed by atoms with Crippen LogP contribution in [0.25, 0.3) is 0 Å². The third-order valence-corrected chi connectivity index (χ3v) is 1.49. The van der Waals surface area contributed by atoms with Gasteiger partial charge in [0.05, 0.1) is 6.61 Å². The zero-order valence-electron chi connectivity index (χ0n) is 9.09. The van der Waals surface area contributed by atoms with Crippen LogP contribution < -0.4 is 10.6 Å². The van der Waals surface area contributed by atoms with Crippen molar-refractivity contribution in [3.63, 3.8) is 0 Å². The first kappa shape index (κ1) is 12.7. The smallest absolute Gasteiger partial charge is 0.328 e. The summed E-state index contributed by atoms with van der Waals surface area (Å²) in [5.41, 5.74) is 0. The molecule has 2 amide bonds. The number of esters is 1. The molecule has 14 heavy (non-hydrogen) atoms. The molecule has 0 rings (SSSR count). The van der Waals surface area contributed by atoms with E-state index < -0.39 is 12.0 Å². The molecule has 0 aromatic rings. The average Bonchev–Trinajstić information content (AvgIpc) is 2.13. The summed E-state index contributed by atoms with van der Waals surface area (Å²) in [6, 6.07) is -1.01. The Labute approximate surface area is 84.2 Å².